The molecule has 2 aliphatic rings. The second kappa shape index (κ2) is 5.35. The zero-order valence-electron chi connectivity index (χ0n) is 13.0. The summed E-state index contributed by atoms with van der Waals surface area (Å²) in [6.45, 7) is 7.55. The molecular weight excluding hydrogens is 256 g/mol. The van der Waals surface area contributed by atoms with Gasteiger partial charge in [0.2, 0.25) is 11.8 Å². The summed E-state index contributed by atoms with van der Waals surface area (Å²) >= 11 is 0. The summed E-state index contributed by atoms with van der Waals surface area (Å²) in [6, 6.07) is 0. The standard InChI is InChI=1S/C15H26N2O3/c1-14(2,7-8-20-4)10-17-9-12(18)16-15(3,13(17)19)11-5-6-11/h11H,5-10H2,1-4H3,(H,16,18). The molecule has 0 aromatic carbocycles. The smallest absolute Gasteiger partial charge is 0.248 e. The quantitative estimate of drug-likeness (QED) is 0.796. The van der Waals surface area contributed by atoms with E-state index in [1.807, 2.05) is 6.92 Å². The largest absolute Gasteiger partial charge is 0.385 e. The lowest BCUT2D eigenvalue weighted by atomic mass is 9.86. The predicted octanol–water partition coefficient (Wildman–Crippen LogP) is 1.18. The number of methoxy groups -OCH3 is 1. The number of rotatable bonds is 6. The Balaban J connectivity index is 2.06. The fourth-order valence-electron chi connectivity index (χ4n) is 3.00. The predicted molar refractivity (Wildman–Crippen MR) is 76.1 cm³/mol. The molecule has 114 valence electrons. The minimum atomic E-state index is -0.688. The van der Waals surface area contributed by atoms with E-state index in [0.29, 0.717) is 19.1 Å². The van der Waals surface area contributed by atoms with Crippen LogP contribution in [0.15, 0.2) is 0 Å². The van der Waals surface area contributed by atoms with Crippen LogP contribution in [0.3, 0.4) is 0 Å². The number of piperazine rings is 1. The molecule has 1 N–H and O–H groups in total. The van der Waals surface area contributed by atoms with Gasteiger partial charge in [0.1, 0.15) is 5.54 Å². The molecule has 1 saturated carbocycles. The summed E-state index contributed by atoms with van der Waals surface area (Å²) in [4.78, 5) is 26.4. The zero-order valence-corrected chi connectivity index (χ0v) is 13.0. The number of amides is 2. The van der Waals surface area contributed by atoms with Crippen molar-refractivity contribution in [1.29, 1.82) is 0 Å². The topological polar surface area (TPSA) is 58.6 Å². The molecule has 2 rings (SSSR count). The first-order valence-corrected chi connectivity index (χ1v) is 7.38. The van der Waals surface area contributed by atoms with Crippen molar-refractivity contribution >= 4 is 11.8 Å². The zero-order chi connectivity index (χ0) is 15.0. The lowest BCUT2D eigenvalue weighted by Crippen LogP contribution is -2.67. The number of carbonyl (C=O) groups excluding carboxylic acids is 2. The number of ether oxygens (including phenoxy) is 1. The lowest BCUT2D eigenvalue weighted by molar-refractivity contribution is -0.151. The first-order chi connectivity index (χ1) is 9.28. The molecular formula is C15H26N2O3. The van der Waals surface area contributed by atoms with Crippen LogP contribution in [0.2, 0.25) is 0 Å². The molecule has 5 heteroatoms. The van der Waals surface area contributed by atoms with Crippen molar-refractivity contribution < 1.29 is 14.3 Å². The van der Waals surface area contributed by atoms with Crippen LogP contribution in [0.5, 0.6) is 0 Å². The molecule has 1 aliphatic carbocycles. The van der Waals surface area contributed by atoms with Crippen LogP contribution in [0, 0.1) is 11.3 Å². The van der Waals surface area contributed by atoms with Crippen LogP contribution in [0.4, 0.5) is 0 Å². The molecule has 20 heavy (non-hydrogen) atoms. The van der Waals surface area contributed by atoms with Crippen LogP contribution >= 0.6 is 0 Å². The van der Waals surface area contributed by atoms with E-state index in [-0.39, 0.29) is 23.8 Å². The third-order valence-corrected chi connectivity index (χ3v) is 4.46. The minimum Gasteiger partial charge on any atom is -0.385 e. The van der Waals surface area contributed by atoms with Crippen molar-refractivity contribution in [3.63, 3.8) is 0 Å². The first kappa shape index (κ1) is 15.3. The number of nitrogens with zero attached hydrogens (tertiary/aromatic N) is 1. The van der Waals surface area contributed by atoms with Crippen molar-refractivity contribution in [3.8, 4) is 0 Å². The Hall–Kier alpha value is -1.10. The van der Waals surface area contributed by atoms with Gasteiger partial charge in [-0.1, -0.05) is 13.8 Å². The summed E-state index contributed by atoms with van der Waals surface area (Å²) < 4.78 is 5.12. The minimum absolute atomic E-state index is 0.0402. The van der Waals surface area contributed by atoms with Gasteiger partial charge in [-0.2, -0.15) is 0 Å². The van der Waals surface area contributed by atoms with Crippen LogP contribution in [0.1, 0.15) is 40.0 Å². The van der Waals surface area contributed by atoms with Gasteiger partial charge in [0, 0.05) is 20.3 Å². The average molecular weight is 282 g/mol. The number of carbonyl (C=O) groups is 2. The van der Waals surface area contributed by atoms with Crippen LogP contribution in [0.25, 0.3) is 0 Å². The number of hydrogen-bond donors (Lipinski definition) is 1. The van der Waals surface area contributed by atoms with Gasteiger partial charge in [-0.05, 0) is 37.5 Å². The lowest BCUT2D eigenvalue weighted by Gasteiger charge is -2.43. The highest BCUT2D eigenvalue weighted by Crippen LogP contribution is 2.42. The molecule has 1 aliphatic heterocycles. The third-order valence-electron chi connectivity index (χ3n) is 4.46. The van der Waals surface area contributed by atoms with Crippen LogP contribution < -0.4 is 5.32 Å². The fraction of sp³-hybridized carbons (Fsp3) is 0.867. The molecule has 1 atom stereocenters. The highest BCUT2D eigenvalue weighted by molar-refractivity contribution is 5.98. The molecule has 1 saturated heterocycles. The van der Waals surface area contributed by atoms with Gasteiger partial charge in [-0.15, -0.1) is 0 Å². The van der Waals surface area contributed by atoms with Crippen molar-refractivity contribution in [2.24, 2.45) is 11.3 Å². The first-order valence-electron chi connectivity index (χ1n) is 7.38. The van der Waals surface area contributed by atoms with Crippen molar-refractivity contribution in [1.82, 2.24) is 10.2 Å². The Morgan fingerprint density at radius 2 is 2.05 bits per heavy atom. The second-order valence-corrected chi connectivity index (χ2v) is 7.09. The normalized spacial score (nSPS) is 27.7. The maximum Gasteiger partial charge on any atom is 0.248 e. The molecule has 0 bridgehead atoms. The van der Waals surface area contributed by atoms with E-state index in [4.69, 9.17) is 4.74 Å². The van der Waals surface area contributed by atoms with Crippen LogP contribution in [-0.4, -0.2) is 49.1 Å². The Kier molecular flexibility index (Phi) is 4.09. The van der Waals surface area contributed by atoms with E-state index < -0.39 is 5.54 Å². The highest BCUT2D eigenvalue weighted by Gasteiger charge is 2.52. The van der Waals surface area contributed by atoms with Gasteiger partial charge in [0.15, 0.2) is 0 Å². The van der Waals surface area contributed by atoms with E-state index in [1.54, 1.807) is 12.0 Å². The molecule has 2 fully saturated rings. The van der Waals surface area contributed by atoms with Crippen molar-refractivity contribution in [2.75, 3.05) is 26.8 Å². The highest BCUT2D eigenvalue weighted by atomic mass is 16.5. The van der Waals surface area contributed by atoms with Gasteiger partial charge < -0.3 is 15.0 Å². The SMILES string of the molecule is COCCC(C)(C)CN1CC(=O)NC(C)(C2CC2)C1=O. The third kappa shape index (κ3) is 3.14. The van der Waals surface area contributed by atoms with Gasteiger partial charge in [0.05, 0.1) is 6.54 Å². The van der Waals surface area contributed by atoms with Crippen molar-refractivity contribution in [2.45, 2.75) is 45.6 Å². The fourth-order valence-corrected chi connectivity index (χ4v) is 3.00. The van der Waals surface area contributed by atoms with E-state index >= 15 is 0 Å². The van der Waals surface area contributed by atoms with Gasteiger partial charge in [-0.25, -0.2) is 0 Å². The molecule has 0 radical (unpaired) electrons. The Morgan fingerprint density at radius 3 is 2.60 bits per heavy atom. The molecule has 0 aromatic heterocycles. The molecule has 2 amide bonds. The van der Waals surface area contributed by atoms with E-state index in [2.05, 4.69) is 19.2 Å². The number of nitrogens with one attached hydrogen (secondary N) is 1. The van der Waals surface area contributed by atoms with Gasteiger partial charge in [0.25, 0.3) is 0 Å². The van der Waals surface area contributed by atoms with Gasteiger partial charge >= 0.3 is 0 Å². The maximum atomic E-state index is 12.7. The van der Waals surface area contributed by atoms with E-state index in [1.165, 1.54) is 0 Å². The molecule has 0 aromatic rings. The Bertz CT molecular complexity index is 404. The van der Waals surface area contributed by atoms with Gasteiger partial charge in [-0.3, -0.25) is 9.59 Å². The monoisotopic (exact) mass is 282 g/mol. The number of hydrogen-bond acceptors (Lipinski definition) is 3. The molecule has 5 nitrogen and oxygen atoms in total. The Labute approximate surface area is 121 Å². The summed E-state index contributed by atoms with van der Waals surface area (Å²) in [5.41, 5.74) is -0.736. The summed E-state index contributed by atoms with van der Waals surface area (Å²) in [6.07, 6.45) is 2.93. The average Bonchev–Trinajstić information content (AvgIpc) is 3.17. The second-order valence-electron chi connectivity index (χ2n) is 7.09. The van der Waals surface area contributed by atoms with Crippen molar-refractivity contribution in [3.05, 3.63) is 0 Å². The summed E-state index contributed by atoms with van der Waals surface area (Å²) in [5.74, 6) is 0.343. The molecule has 1 heterocycles. The van der Waals surface area contributed by atoms with Crippen LogP contribution in [-0.2, 0) is 14.3 Å². The summed E-state index contributed by atoms with van der Waals surface area (Å²) in [5, 5.41) is 2.91. The molecule has 1 unspecified atom stereocenters. The summed E-state index contributed by atoms with van der Waals surface area (Å²) in [7, 11) is 1.68. The molecule has 0 spiro atoms. The Morgan fingerprint density at radius 1 is 1.40 bits per heavy atom. The van der Waals surface area contributed by atoms with E-state index in [0.717, 1.165) is 19.3 Å². The van der Waals surface area contributed by atoms with E-state index in [9.17, 15) is 9.59 Å². The maximum absolute atomic E-state index is 12.7.